The fourth-order valence-electron chi connectivity index (χ4n) is 4.68. The Morgan fingerprint density at radius 1 is 0.703 bits per heavy atom. The van der Waals surface area contributed by atoms with Crippen LogP contribution in [0.5, 0.6) is 0 Å². The molecular formula is C31H34O6. The molecule has 3 aromatic carbocycles. The molecule has 6 nitrogen and oxygen atoms in total. The van der Waals surface area contributed by atoms with Gasteiger partial charge in [0.1, 0.15) is 24.4 Å². The van der Waals surface area contributed by atoms with Crippen molar-refractivity contribution in [1.82, 2.24) is 0 Å². The molecule has 6 atom stereocenters. The van der Waals surface area contributed by atoms with Crippen LogP contribution in [0.1, 0.15) is 23.6 Å². The van der Waals surface area contributed by atoms with Gasteiger partial charge in [0.05, 0.1) is 25.9 Å². The molecule has 0 heterocycles. The number of ether oxygens (including phenoxy) is 4. The average Bonchev–Trinajstić information content (AvgIpc) is 2.92. The molecule has 1 aliphatic carbocycles. The number of rotatable bonds is 11. The number of esters is 1. The van der Waals surface area contributed by atoms with E-state index in [0.29, 0.717) is 0 Å². The second-order valence-electron chi connectivity index (χ2n) is 9.16. The van der Waals surface area contributed by atoms with Gasteiger partial charge < -0.3 is 24.1 Å². The number of carbonyl (C=O) groups is 1. The molecule has 1 aliphatic rings. The van der Waals surface area contributed by atoms with Gasteiger partial charge in [0, 0.05) is 12.8 Å². The summed E-state index contributed by atoms with van der Waals surface area (Å²) in [5.41, 5.74) is 2.90. The standard InChI is InChI=1S/C31H34O6/c1-3-26-27(33)29(34-19-23-13-7-4-8-14-23)31(36-21-25-17-11-6-12-18-25)30(28(26)37-22(2)32)35-20-24-15-9-5-10-16-24/h3-18,26-31,33H,1,19-21H2,2H3/t26-,27+,28+,29-,30+,31+/m0/s1. The zero-order valence-corrected chi connectivity index (χ0v) is 21.0. The first-order valence-electron chi connectivity index (χ1n) is 12.5. The summed E-state index contributed by atoms with van der Waals surface area (Å²) in [6.45, 7) is 6.09. The summed E-state index contributed by atoms with van der Waals surface area (Å²) in [5, 5.41) is 11.4. The van der Waals surface area contributed by atoms with Crippen LogP contribution in [0.25, 0.3) is 0 Å². The second-order valence-corrected chi connectivity index (χ2v) is 9.16. The third kappa shape index (κ3) is 7.14. The summed E-state index contributed by atoms with van der Waals surface area (Å²) in [5.74, 6) is -1.08. The molecule has 0 unspecified atom stereocenters. The van der Waals surface area contributed by atoms with Crippen molar-refractivity contribution >= 4 is 5.97 Å². The van der Waals surface area contributed by atoms with Crippen molar-refractivity contribution in [2.45, 2.75) is 57.3 Å². The third-order valence-electron chi connectivity index (χ3n) is 6.51. The van der Waals surface area contributed by atoms with Gasteiger partial charge in [0.2, 0.25) is 0 Å². The van der Waals surface area contributed by atoms with Crippen LogP contribution in [0.15, 0.2) is 104 Å². The molecule has 6 heteroatoms. The van der Waals surface area contributed by atoms with Crippen molar-refractivity contribution in [3.05, 3.63) is 120 Å². The summed E-state index contributed by atoms with van der Waals surface area (Å²) in [7, 11) is 0. The lowest BCUT2D eigenvalue weighted by Crippen LogP contribution is -2.63. The lowest BCUT2D eigenvalue weighted by Gasteiger charge is -2.47. The third-order valence-corrected chi connectivity index (χ3v) is 6.51. The van der Waals surface area contributed by atoms with Gasteiger partial charge in [0.25, 0.3) is 0 Å². The van der Waals surface area contributed by atoms with Crippen LogP contribution in [0, 0.1) is 5.92 Å². The molecule has 1 saturated carbocycles. The quantitative estimate of drug-likeness (QED) is 0.299. The lowest BCUT2D eigenvalue weighted by atomic mass is 9.77. The Labute approximate surface area is 218 Å². The molecular weight excluding hydrogens is 468 g/mol. The normalized spacial score (nSPS) is 25.4. The van der Waals surface area contributed by atoms with Gasteiger partial charge in [-0.2, -0.15) is 0 Å². The Balaban J connectivity index is 1.65. The molecule has 4 rings (SSSR count). The van der Waals surface area contributed by atoms with Gasteiger partial charge in [-0.25, -0.2) is 0 Å². The Morgan fingerprint density at radius 3 is 1.46 bits per heavy atom. The van der Waals surface area contributed by atoms with Gasteiger partial charge >= 0.3 is 5.97 Å². The van der Waals surface area contributed by atoms with E-state index in [1.54, 1.807) is 6.08 Å². The highest BCUT2D eigenvalue weighted by molar-refractivity contribution is 5.66. The number of hydrogen-bond acceptors (Lipinski definition) is 6. The predicted octanol–water partition coefficient (Wildman–Crippen LogP) is 4.85. The summed E-state index contributed by atoms with van der Waals surface area (Å²) in [6, 6.07) is 29.3. The Hall–Kier alpha value is -3.29. The first-order valence-corrected chi connectivity index (χ1v) is 12.5. The van der Waals surface area contributed by atoms with E-state index in [9.17, 15) is 9.90 Å². The second kappa shape index (κ2) is 13.3. The molecule has 0 bridgehead atoms. The highest BCUT2D eigenvalue weighted by atomic mass is 16.6. The van der Waals surface area contributed by atoms with Gasteiger partial charge in [-0.15, -0.1) is 6.58 Å². The van der Waals surface area contributed by atoms with E-state index < -0.39 is 42.4 Å². The van der Waals surface area contributed by atoms with Crippen molar-refractivity contribution in [2.24, 2.45) is 5.92 Å². The van der Waals surface area contributed by atoms with E-state index in [0.717, 1.165) is 16.7 Å². The van der Waals surface area contributed by atoms with Crippen LogP contribution < -0.4 is 0 Å². The van der Waals surface area contributed by atoms with Crippen molar-refractivity contribution in [3.63, 3.8) is 0 Å². The average molecular weight is 503 g/mol. The smallest absolute Gasteiger partial charge is 0.303 e. The molecule has 37 heavy (non-hydrogen) atoms. The molecule has 0 aromatic heterocycles. The number of benzene rings is 3. The topological polar surface area (TPSA) is 74.2 Å². The van der Waals surface area contributed by atoms with Crippen LogP contribution in [0.4, 0.5) is 0 Å². The molecule has 0 aliphatic heterocycles. The van der Waals surface area contributed by atoms with Crippen molar-refractivity contribution in [2.75, 3.05) is 0 Å². The molecule has 0 amide bonds. The van der Waals surface area contributed by atoms with E-state index in [4.69, 9.17) is 18.9 Å². The molecule has 194 valence electrons. The molecule has 0 radical (unpaired) electrons. The monoisotopic (exact) mass is 502 g/mol. The van der Waals surface area contributed by atoms with Gasteiger partial charge in [-0.05, 0) is 16.7 Å². The van der Waals surface area contributed by atoms with E-state index in [-0.39, 0.29) is 19.8 Å². The first-order chi connectivity index (χ1) is 18.1. The summed E-state index contributed by atoms with van der Waals surface area (Å²) in [6.07, 6.45) is -2.40. The number of hydrogen-bond donors (Lipinski definition) is 1. The lowest BCUT2D eigenvalue weighted by molar-refractivity contribution is -0.249. The maximum atomic E-state index is 12.1. The molecule has 0 spiro atoms. The van der Waals surface area contributed by atoms with E-state index in [1.807, 2.05) is 91.0 Å². The van der Waals surface area contributed by atoms with Gasteiger partial charge in [0.15, 0.2) is 0 Å². The number of aliphatic hydroxyl groups is 1. The molecule has 0 saturated heterocycles. The SMILES string of the molecule is C=C[C@H]1[C@@H](O)[C@H](OCc2ccccc2)[C@@H](OCc2ccccc2)[C@H](OCc2ccccc2)[C@@H]1OC(C)=O. The predicted molar refractivity (Wildman–Crippen MR) is 140 cm³/mol. The van der Waals surface area contributed by atoms with E-state index in [2.05, 4.69) is 6.58 Å². The zero-order valence-electron chi connectivity index (χ0n) is 21.0. The largest absolute Gasteiger partial charge is 0.459 e. The Bertz CT molecular complexity index is 1100. The Morgan fingerprint density at radius 2 is 1.08 bits per heavy atom. The van der Waals surface area contributed by atoms with Crippen molar-refractivity contribution in [3.8, 4) is 0 Å². The highest BCUT2D eigenvalue weighted by Crippen LogP contribution is 2.36. The fraction of sp³-hybridized carbons (Fsp3) is 0.323. The molecule has 3 aromatic rings. The van der Waals surface area contributed by atoms with Crippen molar-refractivity contribution < 1.29 is 28.8 Å². The minimum absolute atomic E-state index is 0.278. The maximum Gasteiger partial charge on any atom is 0.303 e. The summed E-state index contributed by atoms with van der Waals surface area (Å²) >= 11 is 0. The summed E-state index contributed by atoms with van der Waals surface area (Å²) < 4.78 is 24.9. The van der Waals surface area contributed by atoms with E-state index >= 15 is 0 Å². The van der Waals surface area contributed by atoms with Crippen molar-refractivity contribution in [1.29, 1.82) is 0 Å². The molecule has 1 fully saturated rings. The van der Waals surface area contributed by atoms with E-state index in [1.165, 1.54) is 6.92 Å². The van der Waals surface area contributed by atoms with Gasteiger partial charge in [-0.3, -0.25) is 4.79 Å². The van der Waals surface area contributed by atoms with Gasteiger partial charge in [-0.1, -0.05) is 97.1 Å². The van der Waals surface area contributed by atoms with Crippen LogP contribution in [-0.4, -0.2) is 41.6 Å². The highest BCUT2D eigenvalue weighted by Gasteiger charge is 2.53. The summed E-state index contributed by atoms with van der Waals surface area (Å²) in [4.78, 5) is 12.1. The van der Waals surface area contributed by atoms with Crippen LogP contribution >= 0.6 is 0 Å². The fourth-order valence-corrected chi connectivity index (χ4v) is 4.68. The zero-order chi connectivity index (χ0) is 26.0. The van der Waals surface area contributed by atoms with Crippen LogP contribution in [0.3, 0.4) is 0 Å². The minimum Gasteiger partial charge on any atom is -0.459 e. The van der Waals surface area contributed by atoms with Crippen LogP contribution in [-0.2, 0) is 43.6 Å². The Kier molecular flexibility index (Phi) is 9.63. The molecule has 1 N–H and O–H groups in total. The maximum absolute atomic E-state index is 12.1. The number of carbonyl (C=O) groups excluding carboxylic acids is 1. The minimum atomic E-state index is -1.03. The van der Waals surface area contributed by atoms with Crippen LogP contribution in [0.2, 0.25) is 0 Å². The number of aliphatic hydroxyl groups excluding tert-OH is 1. The first kappa shape index (κ1) is 26.8.